The standard InChI is InChI=1S/C29H18ClFN4O4S/c1-2-22-32-33-28(40-22)35-26(37)25-23(24(36)18-13-16(30)9-12-21(18)39-25)29(35)19-5-3-4-6-20(19)34(27(29)38)14-15-7-10-17(31)11-8-15/h3-13H,2,14H2,1H3. The number of para-hydroxylation sites is 1. The average Bonchev–Trinajstić information content (AvgIpc) is 3.60. The van der Waals surface area contributed by atoms with E-state index in [4.69, 9.17) is 16.0 Å². The van der Waals surface area contributed by atoms with Crippen LogP contribution in [0.1, 0.15) is 39.2 Å². The number of anilines is 2. The Labute approximate surface area is 235 Å². The number of hydrogen-bond donors (Lipinski definition) is 0. The number of rotatable bonds is 4. The highest BCUT2D eigenvalue weighted by atomic mass is 35.5. The molecule has 0 aliphatic carbocycles. The molecule has 1 spiro atoms. The largest absolute Gasteiger partial charge is 0.450 e. The van der Waals surface area contributed by atoms with Crippen LogP contribution in [0.2, 0.25) is 5.02 Å². The van der Waals surface area contributed by atoms with Gasteiger partial charge in [0.2, 0.25) is 10.9 Å². The van der Waals surface area contributed by atoms with Crippen molar-refractivity contribution in [3.8, 4) is 0 Å². The molecule has 2 aliphatic rings. The predicted molar refractivity (Wildman–Crippen MR) is 148 cm³/mol. The van der Waals surface area contributed by atoms with E-state index in [-0.39, 0.29) is 34.0 Å². The van der Waals surface area contributed by atoms with Gasteiger partial charge in [0, 0.05) is 10.6 Å². The fourth-order valence-electron chi connectivity index (χ4n) is 5.54. The van der Waals surface area contributed by atoms with Gasteiger partial charge in [-0.2, -0.15) is 0 Å². The molecule has 198 valence electrons. The highest BCUT2D eigenvalue weighted by Gasteiger charge is 2.66. The molecule has 1 unspecified atom stereocenters. The Morgan fingerprint density at radius 3 is 2.55 bits per heavy atom. The fourth-order valence-corrected chi connectivity index (χ4v) is 6.54. The van der Waals surface area contributed by atoms with Gasteiger partial charge in [-0.1, -0.05) is 60.2 Å². The molecule has 2 aromatic heterocycles. The molecular formula is C29H18ClFN4O4S. The van der Waals surface area contributed by atoms with Gasteiger partial charge in [-0.15, -0.1) is 10.2 Å². The van der Waals surface area contributed by atoms with Crippen molar-refractivity contribution < 1.29 is 18.4 Å². The van der Waals surface area contributed by atoms with Crippen molar-refractivity contribution in [1.82, 2.24) is 10.2 Å². The quantitative estimate of drug-likeness (QED) is 0.284. The number of fused-ring (bicyclic) bond motifs is 5. The molecular weight excluding hydrogens is 555 g/mol. The molecule has 3 aromatic carbocycles. The molecule has 0 saturated heterocycles. The number of halogens is 2. The normalized spacial score (nSPS) is 17.8. The van der Waals surface area contributed by atoms with Crippen molar-refractivity contribution in [3.05, 3.63) is 115 Å². The Kier molecular flexibility index (Phi) is 5.42. The number of benzene rings is 3. The minimum atomic E-state index is -1.90. The number of carbonyl (C=O) groups is 2. The second kappa shape index (κ2) is 8.80. The Hall–Kier alpha value is -4.41. The lowest BCUT2D eigenvalue weighted by Gasteiger charge is -2.32. The van der Waals surface area contributed by atoms with E-state index in [9.17, 15) is 18.8 Å². The summed E-state index contributed by atoms with van der Waals surface area (Å²) in [6, 6.07) is 17.3. The summed E-state index contributed by atoms with van der Waals surface area (Å²) >= 11 is 7.39. The van der Waals surface area contributed by atoms with E-state index < -0.39 is 28.6 Å². The number of aryl methyl sites for hydroxylation is 1. The highest BCUT2D eigenvalue weighted by Crippen LogP contribution is 2.54. The summed E-state index contributed by atoms with van der Waals surface area (Å²) in [5, 5.41) is 9.72. The van der Waals surface area contributed by atoms with Crippen molar-refractivity contribution >= 4 is 56.5 Å². The first-order valence-corrected chi connectivity index (χ1v) is 13.6. The lowest BCUT2D eigenvalue weighted by molar-refractivity contribution is -0.121. The Bertz CT molecular complexity index is 1940. The molecule has 2 aliphatic heterocycles. The minimum Gasteiger partial charge on any atom is -0.450 e. The molecule has 1 atom stereocenters. The highest BCUT2D eigenvalue weighted by molar-refractivity contribution is 7.15. The van der Waals surface area contributed by atoms with Gasteiger partial charge in [-0.05, 0) is 48.4 Å². The third kappa shape index (κ3) is 3.26. The molecule has 0 radical (unpaired) electrons. The number of nitrogens with zero attached hydrogens (tertiary/aromatic N) is 4. The van der Waals surface area contributed by atoms with Gasteiger partial charge in [-0.3, -0.25) is 19.3 Å². The summed E-state index contributed by atoms with van der Waals surface area (Å²) in [7, 11) is 0. The maximum absolute atomic E-state index is 14.8. The molecule has 4 heterocycles. The van der Waals surface area contributed by atoms with E-state index >= 15 is 0 Å². The Morgan fingerprint density at radius 2 is 1.80 bits per heavy atom. The van der Waals surface area contributed by atoms with Gasteiger partial charge >= 0.3 is 0 Å². The lowest BCUT2D eigenvalue weighted by atomic mass is 9.84. The number of hydrogen-bond acceptors (Lipinski definition) is 7. The molecule has 2 amide bonds. The van der Waals surface area contributed by atoms with Gasteiger partial charge in [0.25, 0.3) is 11.8 Å². The zero-order chi connectivity index (χ0) is 27.8. The molecule has 0 bridgehead atoms. The van der Waals surface area contributed by atoms with Crippen LogP contribution in [0.25, 0.3) is 11.0 Å². The fraction of sp³-hybridized carbons (Fsp3) is 0.138. The second-order valence-corrected chi connectivity index (χ2v) is 11.0. The van der Waals surface area contributed by atoms with Crippen LogP contribution in [0.3, 0.4) is 0 Å². The minimum absolute atomic E-state index is 0.0797. The molecule has 7 rings (SSSR count). The van der Waals surface area contributed by atoms with Crippen LogP contribution in [-0.2, 0) is 23.3 Å². The second-order valence-electron chi connectivity index (χ2n) is 9.49. The van der Waals surface area contributed by atoms with E-state index in [1.807, 2.05) is 6.92 Å². The zero-order valence-corrected chi connectivity index (χ0v) is 22.4. The van der Waals surface area contributed by atoms with Crippen molar-refractivity contribution in [1.29, 1.82) is 0 Å². The third-order valence-corrected chi connectivity index (χ3v) is 8.58. The summed E-state index contributed by atoms with van der Waals surface area (Å²) in [5.41, 5.74) is -0.762. The van der Waals surface area contributed by atoms with Gasteiger partial charge in [0.15, 0.2) is 11.0 Å². The van der Waals surface area contributed by atoms with Crippen LogP contribution in [0.15, 0.2) is 75.9 Å². The van der Waals surface area contributed by atoms with E-state index in [0.717, 1.165) is 0 Å². The van der Waals surface area contributed by atoms with Crippen molar-refractivity contribution in [3.63, 3.8) is 0 Å². The van der Waals surface area contributed by atoms with Gasteiger partial charge in [-0.25, -0.2) is 4.39 Å². The molecule has 8 nitrogen and oxygen atoms in total. The van der Waals surface area contributed by atoms with E-state index in [2.05, 4.69) is 10.2 Å². The number of aromatic nitrogens is 2. The summed E-state index contributed by atoms with van der Waals surface area (Å²) in [5.74, 6) is -1.84. The van der Waals surface area contributed by atoms with Gasteiger partial charge < -0.3 is 9.32 Å². The van der Waals surface area contributed by atoms with Crippen LogP contribution in [0.4, 0.5) is 15.2 Å². The monoisotopic (exact) mass is 572 g/mol. The Balaban J connectivity index is 1.55. The van der Waals surface area contributed by atoms with E-state index in [0.29, 0.717) is 33.3 Å². The van der Waals surface area contributed by atoms with Crippen LogP contribution in [0.5, 0.6) is 0 Å². The van der Waals surface area contributed by atoms with Gasteiger partial charge in [0.1, 0.15) is 16.4 Å². The summed E-state index contributed by atoms with van der Waals surface area (Å²) < 4.78 is 19.7. The molecule has 0 fully saturated rings. The SMILES string of the molecule is CCc1nnc(N2C(=O)c3oc4ccc(Cl)cc4c(=O)c3C23C(=O)N(Cc2ccc(F)cc2)c2ccccc23)s1. The predicted octanol–water partition coefficient (Wildman–Crippen LogP) is 5.45. The zero-order valence-electron chi connectivity index (χ0n) is 20.9. The summed E-state index contributed by atoms with van der Waals surface area (Å²) in [6.45, 7) is 1.99. The smallest absolute Gasteiger partial charge is 0.297 e. The topological polar surface area (TPSA) is 96.6 Å². The molecule has 0 saturated carbocycles. The summed E-state index contributed by atoms with van der Waals surface area (Å²) in [4.78, 5) is 45.9. The van der Waals surface area contributed by atoms with Crippen LogP contribution >= 0.6 is 22.9 Å². The number of amides is 2. The molecule has 40 heavy (non-hydrogen) atoms. The van der Waals surface area contributed by atoms with Crippen LogP contribution < -0.4 is 15.2 Å². The first-order chi connectivity index (χ1) is 19.3. The molecule has 5 aromatic rings. The average molecular weight is 573 g/mol. The van der Waals surface area contributed by atoms with E-state index in [1.54, 1.807) is 42.5 Å². The van der Waals surface area contributed by atoms with Gasteiger partial charge in [0.05, 0.1) is 23.2 Å². The van der Waals surface area contributed by atoms with Crippen LogP contribution in [-0.4, -0.2) is 22.0 Å². The van der Waals surface area contributed by atoms with E-state index in [1.165, 1.54) is 45.4 Å². The third-order valence-electron chi connectivity index (χ3n) is 7.29. The van der Waals surface area contributed by atoms with Crippen molar-refractivity contribution in [2.24, 2.45) is 0 Å². The van der Waals surface area contributed by atoms with Crippen molar-refractivity contribution in [2.45, 2.75) is 25.4 Å². The number of carbonyl (C=O) groups excluding carboxylic acids is 2. The molecule has 11 heteroatoms. The maximum atomic E-state index is 14.8. The lowest BCUT2D eigenvalue weighted by Crippen LogP contribution is -2.53. The first-order valence-electron chi connectivity index (χ1n) is 12.4. The summed E-state index contributed by atoms with van der Waals surface area (Å²) in [6.07, 6.45) is 0.570. The van der Waals surface area contributed by atoms with Crippen molar-refractivity contribution in [2.75, 3.05) is 9.80 Å². The molecule has 0 N–H and O–H groups in total. The Morgan fingerprint density at radius 1 is 1.02 bits per heavy atom. The first kappa shape index (κ1) is 24.6. The maximum Gasteiger partial charge on any atom is 0.297 e. The van der Waals surface area contributed by atoms with Crippen LogP contribution in [0, 0.1) is 5.82 Å².